The van der Waals surface area contributed by atoms with Crippen LogP contribution >= 0.6 is 11.6 Å². The van der Waals surface area contributed by atoms with Gasteiger partial charge in [-0.05, 0) is 48.7 Å². The van der Waals surface area contributed by atoms with Crippen molar-refractivity contribution >= 4 is 39.9 Å². The molecule has 0 unspecified atom stereocenters. The summed E-state index contributed by atoms with van der Waals surface area (Å²) in [6.45, 7) is 2.07. The van der Waals surface area contributed by atoms with Crippen LogP contribution in [0.5, 0.6) is 0 Å². The summed E-state index contributed by atoms with van der Waals surface area (Å²) < 4.78 is 0. The van der Waals surface area contributed by atoms with Crippen molar-refractivity contribution in [1.29, 1.82) is 0 Å². The van der Waals surface area contributed by atoms with Gasteiger partial charge in [0.2, 0.25) is 5.91 Å². The monoisotopic (exact) mass is 366 g/mol. The summed E-state index contributed by atoms with van der Waals surface area (Å²) >= 11 is 5.88. The lowest BCUT2D eigenvalue weighted by Gasteiger charge is -2.18. The summed E-state index contributed by atoms with van der Waals surface area (Å²) in [7, 11) is 0. The molecule has 1 N–H and O–H groups in total. The zero-order chi connectivity index (χ0) is 17.9. The predicted octanol–water partition coefficient (Wildman–Crippen LogP) is 4.06. The summed E-state index contributed by atoms with van der Waals surface area (Å²) in [4.78, 5) is 23.4. The minimum Gasteiger partial charge on any atom is -0.356 e. The Bertz CT molecular complexity index is 936. The van der Waals surface area contributed by atoms with Crippen molar-refractivity contribution in [3.05, 3.63) is 59.4 Å². The van der Waals surface area contributed by atoms with Crippen LogP contribution < -0.4 is 10.2 Å². The van der Waals surface area contributed by atoms with E-state index in [1.54, 1.807) is 18.5 Å². The first-order chi connectivity index (χ1) is 12.7. The number of benzene rings is 2. The van der Waals surface area contributed by atoms with Crippen LogP contribution in [0.4, 0.5) is 11.5 Å². The molecule has 1 aromatic heterocycles. The maximum atomic E-state index is 12.3. The van der Waals surface area contributed by atoms with E-state index >= 15 is 0 Å². The number of nitrogens with one attached hydrogen (secondary N) is 1. The van der Waals surface area contributed by atoms with Gasteiger partial charge in [-0.15, -0.1) is 0 Å². The van der Waals surface area contributed by atoms with Crippen LogP contribution in [0, 0.1) is 0 Å². The molecule has 2 heterocycles. The lowest BCUT2D eigenvalue weighted by Crippen LogP contribution is -2.19. The number of anilines is 2. The largest absolute Gasteiger partial charge is 0.356 e. The molecule has 5 nitrogen and oxygen atoms in total. The van der Waals surface area contributed by atoms with Crippen molar-refractivity contribution in [3.8, 4) is 0 Å². The summed E-state index contributed by atoms with van der Waals surface area (Å²) in [5.41, 5.74) is 2.50. The highest BCUT2D eigenvalue weighted by molar-refractivity contribution is 6.30. The minimum atomic E-state index is -0.0690. The fourth-order valence-corrected chi connectivity index (χ4v) is 3.42. The molecule has 26 heavy (non-hydrogen) atoms. The summed E-state index contributed by atoms with van der Waals surface area (Å²) in [5, 5.41) is 4.62. The number of hydrogen-bond donors (Lipinski definition) is 1. The molecule has 0 spiro atoms. The lowest BCUT2D eigenvalue weighted by atomic mass is 10.1. The van der Waals surface area contributed by atoms with E-state index in [9.17, 15) is 4.79 Å². The normalized spacial score (nSPS) is 14.0. The highest BCUT2D eigenvalue weighted by Crippen LogP contribution is 2.27. The third-order valence-corrected chi connectivity index (χ3v) is 4.83. The average Bonchev–Trinajstić information content (AvgIpc) is 3.17. The Balaban J connectivity index is 1.52. The Hall–Kier alpha value is -2.66. The smallest absolute Gasteiger partial charge is 0.228 e. The van der Waals surface area contributed by atoms with E-state index in [4.69, 9.17) is 11.6 Å². The quantitative estimate of drug-likeness (QED) is 0.756. The van der Waals surface area contributed by atoms with Gasteiger partial charge in [-0.25, -0.2) is 9.97 Å². The van der Waals surface area contributed by atoms with Gasteiger partial charge in [0.25, 0.3) is 0 Å². The number of carbonyl (C=O) groups is 1. The molecular weight excluding hydrogens is 348 g/mol. The van der Waals surface area contributed by atoms with Crippen LogP contribution in [0.1, 0.15) is 18.4 Å². The van der Waals surface area contributed by atoms with Crippen molar-refractivity contribution in [2.45, 2.75) is 19.3 Å². The Labute approximate surface area is 157 Å². The molecule has 1 aliphatic heterocycles. The summed E-state index contributed by atoms with van der Waals surface area (Å²) in [5.74, 6) is 0.909. The number of aromatic nitrogens is 2. The summed E-state index contributed by atoms with van der Waals surface area (Å²) in [6.07, 6.45) is 4.29. The van der Waals surface area contributed by atoms with Crippen molar-refractivity contribution in [1.82, 2.24) is 9.97 Å². The lowest BCUT2D eigenvalue weighted by molar-refractivity contribution is -0.115. The van der Waals surface area contributed by atoms with Crippen molar-refractivity contribution < 1.29 is 4.79 Å². The fourth-order valence-electron chi connectivity index (χ4n) is 3.29. The Kier molecular flexibility index (Phi) is 4.71. The number of amides is 1. The third-order valence-electron chi connectivity index (χ3n) is 4.58. The van der Waals surface area contributed by atoms with Crippen molar-refractivity contribution in [2.75, 3.05) is 23.3 Å². The molecule has 0 bridgehead atoms. The molecule has 1 amide bonds. The van der Waals surface area contributed by atoms with Crippen LogP contribution in [0.2, 0.25) is 5.02 Å². The van der Waals surface area contributed by atoms with E-state index in [2.05, 4.69) is 20.2 Å². The summed E-state index contributed by atoms with van der Waals surface area (Å²) in [6, 6.07) is 13.1. The minimum absolute atomic E-state index is 0.0690. The van der Waals surface area contributed by atoms with Gasteiger partial charge in [-0.3, -0.25) is 4.79 Å². The van der Waals surface area contributed by atoms with Gasteiger partial charge in [0, 0.05) is 29.2 Å². The first-order valence-electron chi connectivity index (χ1n) is 8.73. The highest BCUT2D eigenvalue weighted by Gasteiger charge is 2.16. The SMILES string of the molecule is O=C(Cc1ccc(Cl)cc1)Nc1ccc2c(N3CCCC3)ncnc2c1. The zero-order valence-corrected chi connectivity index (χ0v) is 15.0. The fraction of sp³-hybridized carbons (Fsp3) is 0.250. The van der Waals surface area contributed by atoms with E-state index in [0.29, 0.717) is 11.4 Å². The number of halogens is 1. The molecule has 4 rings (SSSR count). The maximum Gasteiger partial charge on any atom is 0.228 e. The van der Waals surface area contributed by atoms with E-state index < -0.39 is 0 Å². The maximum absolute atomic E-state index is 12.3. The topological polar surface area (TPSA) is 58.1 Å². The van der Waals surface area contributed by atoms with Gasteiger partial charge in [0.1, 0.15) is 12.1 Å². The number of nitrogens with zero attached hydrogens (tertiary/aromatic N) is 3. The van der Waals surface area contributed by atoms with Crippen LogP contribution in [-0.2, 0) is 11.2 Å². The van der Waals surface area contributed by atoms with Gasteiger partial charge in [0.05, 0.1) is 11.9 Å². The predicted molar refractivity (Wildman–Crippen MR) is 105 cm³/mol. The second-order valence-electron chi connectivity index (χ2n) is 6.47. The van der Waals surface area contributed by atoms with E-state index in [1.165, 1.54) is 12.8 Å². The zero-order valence-electron chi connectivity index (χ0n) is 14.3. The van der Waals surface area contributed by atoms with Gasteiger partial charge in [-0.2, -0.15) is 0 Å². The molecule has 0 radical (unpaired) electrons. The highest BCUT2D eigenvalue weighted by atomic mass is 35.5. The molecule has 1 aliphatic rings. The van der Waals surface area contributed by atoms with E-state index in [1.807, 2.05) is 30.3 Å². The molecule has 132 valence electrons. The molecule has 3 aromatic rings. The molecular formula is C20H19ClN4O. The molecule has 6 heteroatoms. The average molecular weight is 367 g/mol. The van der Waals surface area contributed by atoms with Gasteiger partial charge < -0.3 is 10.2 Å². The van der Waals surface area contributed by atoms with Crippen LogP contribution in [0.25, 0.3) is 10.9 Å². The molecule has 2 aromatic carbocycles. The molecule has 0 saturated carbocycles. The first kappa shape index (κ1) is 16.8. The van der Waals surface area contributed by atoms with Crippen LogP contribution in [0.15, 0.2) is 48.8 Å². The standard InChI is InChI=1S/C20H19ClN4O/c21-15-5-3-14(4-6-15)11-19(26)24-16-7-8-17-18(12-16)22-13-23-20(17)25-9-1-2-10-25/h3-8,12-13H,1-2,9-11H2,(H,24,26). The third kappa shape index (κ3) is 3.63. The molecule has 0 aliphatic carbocycles. The second kappa shape index (κ2) is 7.30. The van der Waals surface area contributed by atoms with Gasteiger partial charge in [0.15, 0.2) is 0 Å². The molecule has 1 fully saturated rings. The van der Waals surface area contributed by atoms with Crippen LogP contribution in [0.3, 0.4) is 0 Å². The number of hydrogen-bond acceptors (Lipinski definition) is 4. The Morgan fingerprint density at radius 2 is 1.85 bits per heavy atom. The number of fused-ring (bicyclic) bond motifs is 1. The molecule has 1 saturated heterocycles. The Morgan fingerprint density at radius 3 is 2.62 bits per heavy atom. The number of rotatable bonds is 4. The molecule has 0 atom stereocenters. The first-order valence-corrected chi connectivity index (χ1v) is 9.11. The van der Waals surface area contributed by atoms with Gasteiger partial charge >= 0.3 is 0 Å². The van der Waals surface area contributed by atoms with Crippen molar-refractivity contribution in [3.63, 3.8) is 0 Å². The second-order valence-corrected chi connectivity index (χ2v) is 6.91. The van der Waals surface area contributed by atoms with Gasteiger partial charge in [-0.1, -0.05) is 23.7 Å². The Morgan fingerprint density at radius 1 is 1.08 bits per heavy atom. The van der Waals surface area contributed by atoms with Crippen molar-refractivity contribution in [2.24, 2.45) is 0 Å². The van der Waals surface area contributed by atoms with E-state index in [0.717, 1.165) is 41.1 Å². The number of carbonyl (C=O) groups excluding carboxylic acids is 1. The van der Waals surface area contributed by atoms with Crippen LogP contribution in [-0.4, -0.2) is 29.0 Å². The van der Waals surface area contributed by atoms with E-state index in [-0.39, 0.29) is 5.91 Å².